The first kappa shape index (κ1) is 12.2. The van der Waals surface area contributed by atoms with E-state index < -0.39 is 5.00 Å². The highest BCUT2D eigenvalue weighted by atomic mass is 35.5. The van der Waals surface area contributed by atoms with E-state index in [0.717, 1.165) is 0 Å². The minimum absolute atomic E-state index is 0.248. The number of nitrogens with one attached hydrogen (secondary N) is 2. The summed E-state index contributed by atoms with van der Waals surface area (Å²) in [7, 11) is 0. The molecule has 0 bridgehead atoms. The fourth-order valence-electron chi connectivity index (χ4n) is 1.54. The minimum Gasteiger partial charge on any atom is -0.347 e. The fraction of sp³-hybridized carbons (Fsp3) is 0.0769. The van der Waals surface area contributed by atoms with Crippen molar-refractivity contribution >= 4 is 17.3 Å². The van der Waals surface area contributed by atoms with Crippen molar-refractivity contribution in [2.24, 2.45) is 0 Å². The smallest absolute Gasteiger partial charge is 0.271 e. The number of rotatable bonds is 3. The summed E-state index contributed by atoms with van der Waals surface area (Å²) < 4.78 is 0. The summed E-state index contributed by atoms with van der Waals surface area (Å²) in [6.07, 6.45) is 1.51. The molecule has 5 heteroatoms. The van der Waals surface area contributed by atoms with E-state index in [4.69, 9.17) is 11.6 Å². The molecule has 2 rings (SSSR count). The normalized spacial score (nSPS) is 13.3. The molecular weight excluding hydrogens is 250 g/mol. The Morgan fingerprint density at radius 1 is 1.22 bits per heavy atom. The van der Waals surface area contributed by atoms with Crippen molar-refractivity contribution in [3.63, 3.8) is 0 Å². The highest BCUT2D eigenvalue weighted by Gasteiger charge is 2.29. The summed E-state index contributed by atoms with van der Waals surface area (Å²) in [5.41, 5.74) is 0.504. The Morgan fingerprint density at radius 3 is 2.56 bits per heavy atom. The van der Waals surface area contributed by atoms with Crippen molar-refractivity contribution in [2.45, 2.75) is 5.00 Å². The number of pyridine rings is 1. The maximum Gasteiger partial charge on any atom is 0.271 e. The van der Waals surface area contributed by atoms with E-state index in [2.05, 4.69) is 10.3 Å². The van der Waals surface area contributed by atoms with Crippen LogP contribution in [0.5, 0.6) is 0 Å². The molecule has 2 aromatic rings. The quantitative estimate of drug-likeness (QED) is 0.657. The lowest BCUT2D eigenvalue weighted by Crippen LogP contribution is -2.30. The van der Waals surface area contributed by atoms with Crippen LogP contribution in [0.3, 0.4) is 0 Å². The van der Waals surface area contributed by atoms with E-state index in [9.17, 15) is 10.1 Å². The van der Waals surface area contributed by atoms with E-state index >= 15 is 0 Å². The molecule has 1 atom stereocenters. The van der Waals surface area contributed by atoms with Gasteiger partial charge in [0.15, 0.2) is 0 Å². The van der Waals surface area contributed by atoms with Gasteiger partial charge >= 0.3 is 0 Å². The third-order valence-electron chi connectivity index (χ3n) is 2.45. The second-order valence-corrected chi connectivity index (χ2v) is 4.24. The third kappa shape index (κ3) is 2.36. The molecule has 0 saturated heterocycles. The van der Waals surface area contributed by atoms with Crippen LogP contribution in [-0.4, -0.2) is 4.98 Å². The van der Waals surface area contributed by atoms with Crippen molar-refractivity contribution in [2.75, 3.05) is 5.32 Å². The molecule has 18 heavy (non-hydrogen) atoms. The summed E-state index contributed by atoms with van der Waals surface area (Å²) in [6.45, 7) is 0. The predicted octanol–water partition coefficient (Wildman–Crippen LogP) is 2.40. The number of nitriles is 1. The van der Waals surface area contributed by atoms with Crippen LogP contribution in [0.25, 0.3) is 0 Å². The topological polar surface area (TPSA) is 68.7 Å². The van der Waals surface area contributed by atoms with Gasteiger partial charge in [0.25, 0.3) is 5.56 Å². The van der Waals surface area contributed by atoms with Gasteiger partial charge in [0.1, 0.15) is 11.8 Å². The van der Waals surface area contributed by atoms with Crippen molar-refractivity contribution < 1.29 is 0 Å². The lowest BCUT2D eigenvalue weighted by Gasteiger charge is -2.21. The Bertz CT molecular complexity index is 632. The Hall–Kier alpha value is -2.25. The van der Waals surface area contributed by atoms with E-state index in [0.29, 0.717) is 5.56 Å². The molecule has 90 valence electrons. The first-order chi connectivity index (χ1) is 8.65. The Labute approximate surface area is 109 Å². The average Bonchev–Trinajstić information content (AvgIpc) is 2.42. The molecule has 0 fully saturated rings. The lowest BCUT2D eigenvalue weighted by molar-refractivity contribution is 0.892. The Balaban J connectivity index is 2.39. The SMILES string of the molecule is N#CC(Cl)(Nc1ccc[nH]c1=O)c1ccccc1. The van der Waals surface area contributed by atoms with Gasteiger partial charge in [0.2, 0.25) is 5.00 Å². The van der Waals surface area contributed by atoms with E-state index in [1.807, 2.05) is 12.1 Å². The number of aromatic nitrogens is 1. The van der Waals surface area contributed by atoms with E-state index in [1.165, 1.54) is 6.20 Å². The molecule has 1 aromatic heterocycles. The van der Waals surface area contributed by atoms with Crippen molar-refractivity contribution in [3.8, 4) is 6.07 Å². The number of aromatic amines is 1. The second-order valence-electron chi connectivity index (χ2n) is 3.67. The van der Waals surface area contributed by atoms with Gasteiger partial charge in [-0.2, -0.15) is 5.26 Å². The first-order valence-electron chi connectivity index (χ1n) is 5.27. The molecular formula is C13H10ClN3O. The number of alkyl halides is 1. The molecule has 2 N–H and O–H groups in total. The van der Waals surface area contributed by atoms with E-state index in [-0.39, 0.29) is 11.2 Å². The number of nitrogens with zero attached hydrogens (tertiary/aromatic N) is 1. The van der Waals surface area contributed by atoms with E-state index in [1.54, 1.807) is 36.4 Å². The number of halogens is 1. The summed E-state index contributed by atoms with van der Waals surface area (Å²) in [4.78, 5) is 12.6. The zero-order valence-corrected chi connectivity index (χ0v) is 10.1. The maximum absolute atomic E-state index is 11.6. The zero-order chi connectivity index (χ0) is 13.0. The highest BCUT2D eigenvalue weighted by molar-refractivity contribution is 6.27. The number of benzene rings is 1. The highest BCUT2D eigenvalue weighted by Crippen LogP contribution is 2.28. The number of H-pyrrole nitrogens is 1. The molecule has 0 aliphatic rings. The predicted molar refractivity (Wildman–Crippen MR) is 70.3 cm³/mol. The van der Waals surface area contributed by atoms with Gasteiger partial charge < -0.3 is 10.3 Å². The van der Waals surface area contributed by atoms with Crippen molar-refractivity contribution in [1.29, 1.82) is 5.26 Å². The first-order valence-corrected chi connectivity index (χ1v) is 5.65. The summed E-state index contributed by atoms with van der Waals surface area (Å²) in [5, 5.41) is 12.0. The van der Waals surface area contributed by atoms with Crippen LogP contribution in [0.4, 0.5) is 5.69 Å². The van der Waals surface area contributed by atoms with Gasteiger partial charge in [-0.1, -0.05) is 41.9 Å². The Kier molecular flexibility index (Phi) is 3.35. The van der Waals surface area contributed by atoms with Crippen LogP contribution >= 0.6 is 11.6 Å². The molecule has 1 unspecified atom stereocenters. The average molecular weight is 260 g/mol. The molecule has 0 aliphatic carbocycles. The number of hydrogen-bond donors (Lipinski definition) is 2. The third-order valence-corrected chi connectivity index (χ3v) is 2.85. The molecule has 0 aliphatic heterocycles. The Morgan fingerprint density at radius 2 is 1.94 bits per heavy atom. The molecule has 1 heterocycles. The van der Waals surface area contributed by atoms with Gasteiger partial charge in [-0.05, 0) is 12.1 Å². The lowest BCUT2D eigenvalue weighted by atomic mass is 10.1. The van der Waals surface area contributed by atoms with Crippen molar-refractivity contribution in [3.05, 3.63) is 64.6 Å². The standard InChI is InChI=1S/C13H10ClN3O/c14-13(9-15,10-5-2-1-3-6-10)17-11-7-4-8-16-12(11)18/h1-8,17H,(H,16,18). The molecule has 1 aromatic carbocycles. The summed E-state index contributed by atoms with van der Waals surface area (Å²) >= 11 is 6.23. The van der Waals surface area contributed by atoms with Crippen LogP contribution < -0.4 is 10.9 Å². The fourth-order valence-corrected chi connectivity index (χ4v) is 1.77. The molecule has 4 nitrogen and oxygen atoms in total. The number of anilines is 1. The van der Waals surface area contributed by atoms with Crippen LogP contribution in [0.2, 0.25) is 0 Å². The molecule has 0 spiro atoms. The van der Waals surface area contributed by atoms with Gasteiger partial charge in [-0.25, -0.2) is 0 Å². The maximum atomic E-state index is 11.6. The van der Waals surface area contributed by atoms with Gasteiger partial charge in [-0.3, -0.25) is 4.79 Å². The number of hydrogen-bond acceptors (Lipinski definition) is 3. The monoisotopic (exact) mass is 259 g/mol. The van der Waals surface area contributed by atoms with Crippen LogP contribution in [0, 0.1) is 11.3 Å². The second kappa shape index (κ2) is 4.94. The van der Waals surface area contributed by atoms with Crippen LogP contribution in [-0.2, 0) is 5.00 Å². The van der Waals surface area contributed by atoms with Gasteiger partial charge in [-0.15, -0.1) is 0 Å². The van der Waals surface area contributed by atoms with Gasteiger partial charge in [0, 0.05) is 11.8 Å². The minimum atomic E-state index is -1.46. The summed E-state index contributed by atoms with van der Waals surface area (Å²) in [6, 6.07) is 14.0. The van der Waals surface area contributed by atoms with Crippen LogP contribution in [0.1, 0.15) is 5.56 Å². The largest absolute Gasteiger partial charge is 0.347 e. The summed E-state index contributed by atoms with van der Waals surface area (Å²) in [5.74, 6) is 0. The van der Waals surface area contributed by atoms with Crippen LogP contribution in [0.15, 0.2) is 53.5 Å². The molecule has 0 saturated carbocycles. The molecule has 0 radical (unpaired) electrons. The van der Waals surface area contributed by atoms with Gasteiger partial charge in [0.05, 0.1) is 0 Å². The molecule has 0 amide bonds. The zero-order valence-electron chi connectivity index (χ0n) is 9.35. The van der Waals surface area contributed by atoms with Crippen molar-refractivity contribution in [1.82, 2.24) is 4.98 Å².